The summed E-state index contributed by atoms with van der Waals surface area (Å²) in [5, 5.41) is 5.36. The molecule has 0 spiro atoms. The molecule has 1 heterocycles. The number of hydrogen-bond acceptors (Lipinski definition) is 4. The Morgan fingerprint density at radius 2 is 2.04 bits per heavy atom. The van der Waals surface area contributed by atoms with E-state index in [2.05, 4.69) is 33.2 Å². The van der Waals surface area contributed by atoms with E-state index in [1.807, 2.05) is 41.8 Å². The molecule has 0 saturated heterocycles. The van der Waals surface area contributed by atoms with Gasteiger partial charge in [-0.05, 0) is 48.9 Å². The van der Waals surface area contributed by atoms with Crippen LogP contribution in [0.5, 0.6) is 5.75 Å². The minimum Gasteiger partial charge on any atom is -0.494 e. The van der Waals surface area contributed by atoms with Crippen molar-refractivity contribution in [2.45, 2.75) is 19.8 Å². The number of thiazole rings is 1. The van der Waals surface area contributed by atoms with E-state index >= 15 is 0 Å². The minimum atomic E-state index is -0.174. The largest absolute Gasteiger partial charge is 0.494 e. The molecule has 26 heavy (non-hydrogen) atoms. The molecule has 0 fully saturated rings. The van der Waals surface area contributed by atoms with Crippen molar-refractivity contribution in [3.8, 4) is 17.0 Å². The van der Waals surface area contributed by atoms with Crippen LogP contribution in [-0.4, -0.2) is 17.5 Å². The zero-order chi connectivity index (χ0) is 18.4. The molecule has 0 saturated carbocycles. The molecule has 1 N–H and O–H groups in total. The number of carbonyl (C=O) groups is 1. The fraction of sp³-hybridized carbons (Fsp3) is 0.200. The maximum atomic E-state index is 12.3. The van der Waals surface area contributed by atoms with Crippen LogP contribution in [0.25, 0.3) is 11.3 Å². The van der Waals surface area contributed by atoms with Crippen LogP contribution in [0.1, 0.15) is 30.1 Å². The van der Waals surface area contributed by atoms with Crippen LogP contribution < -0.4 is 10.1 Å². The van der Waals surface area contributed by atoms with Crippen LogP contribution in [0.15, 0.2) is 58.4 Å². The molecule has 0 aliphatic rings. The van der Waals surface area contributed by atoms with E-state index in [0.29, 0.717) is 10.7 Å². The predicted molar refractivity (Wildman–Crippen MR) is 110 cm³/mol. The zero-order valence-corrected chi connectivity index (χ0v) is 16.8. The normalized spacial score (nSPS) is 10.5. The average molecular weight is 431 g/mol. The van der Waals surface area contributed by atoms with Crippen molar-refractivity contribution in [1.29, 1.82) is 0 Å². The molecule has 0 aliphatic carbocycles. The van der Waals surface area contributed by atoms with Crippen molar-refractivity contribution >= 4 is 38.3 Å². The lowest BCUT2D eigenvalue weighted by molar-refractivity contribution is 0.102. The van der Waals surface area contributed by atoms with Gasteiger partial charge in [-0.2, -0.15) is 0 Å². The van der Waals surface area contributed by atoms with Gasteiger partial charge < -0.3 is 4.74 Å². The van der Waals surface area contributed by atoms with Gasteiger partial charge >= 0.3 is 0 Å². The van der Waals surface area contributed by atoms with E-state index in [9.17, 15) is 4.79 Å². The Balaban J connectivity index is 1.65. The van der Waals surface area contributed by atoms with Gasteiger partial charge in [-0.3, -0.25) is 10.1 Å². The molecule has 3 aromatic rings. The first-order chi connectivity index (χ1) is 12.7. The number of nitrogens with one attached hydrogen (secondary N) is 1. The monoisotopic (exact) mass is 430 g/mol. The van der Waals surface area contributed by atoms with Crippen LogP contribution in [0.3, 0.4) is 0 Å². The van der Waals surface area contributed by atoms with Crippen LogP contribution in [0.4, 0.5) is 5.13 Å². The summed E-state index contributed by atoms with van der Waals surface area (Å²) in [6, 6.07) is 15.1. The molecule has 1 aromatic heterocycles. The number of carbonyl (C=O) groups excluding carboxylic acids is 1. The van der Waals surface area contributed by atoms with E-state index in [1.54, 1.807) is 12.1 Å². The average Bonchev–Trinajstić information content (AvgIpc) is 3.11. The highest BCUT2D eigenvalue weighted by molar-refractivity contribution is 9.10. The van der Waals surface area contributed by atoms with Crippen molar-refractivity contribution in [1.82, 2.24) is 4.98 Å². The fourth-order valence-corrected chi connectivity index (χ4v) is 3.43. The first kappa shape index (κ1) is 18.6. The third-order valence-corrected chi connectivity index (χ3v) is 4.98. The third kappa shape index (κ3) is 4.93. The van der Waals surface area contributed by atoms with Crippen molar-refractivity contribution in [3.05, 3.63) is 63.9 Å². The Labute approximate surface area is 165 Å². The lowest BCUT2D eigenvalue weighted by Gasteiger charge is -2.05. The highest BCUT2D eigenvalue weighted by atomic mass is 79.9. The van der Waals surface area contributed by atoms with E-state index in [-0.39, 0.29) is 5.91 Å². The van der Waals surface area contributed by atoms with E-state index in [1.165, 1.54) is 11.3 Å². The standard InChI is InChI=1S/C20H19BrN2O2S/c1-2-3-11-25-17-9-7-14(8-10-17)18-13-26-20(22-18)23-19(24)15-5-4-6-16(21)12-15/h4-10,12-13H,2-3,11H2,1H3,(H,22,23,24). The number of benzene rings is 2. The maximum absolute atomic E-state index is 12.3. The number of nitrogens with zero attached hydrogens (tertiary/aromatic N) is 1. The number of unbranched alkanes of at least 4 members (excludes halogenated alkanes) is 1. The third-order valence-electron chi connectivity index (χ3n) is 3.73. The minimum absolute atomic E-state index is 0.174. The maximum Gasteiger partial charge on any atom is 0.257 e. The van der Waals surface area contributed by atoms with Gasteiger partial charge in [-0.25, -0.2) is 4.98 Å². The Morgan fingerprint density at radius 3 is 2.77 bits per heavy atom. The summed E-state index contributed by atoms with van der Waals surface area (Å²) in [7, 11) is 0. The zero-order valence-electron chi connectivity index (χ0n) is 14.4. The Morgan fingerprint density at radius 1 is 1.23 bits per heavy atom. The topological polar surface area (TPSA) is 51.2 Å². The molecule has 4 nitrogen and oxygen atoms in total. The summed E-state index contributed by atoms with van der Waals surface area (Å²) in [6.07, 6.45) is 2.17. The van der Waals surface area contributed by atoms with Gasteiger partial charge in [0.05, 0.1) is 12.3 Å². The van der Waals surface area contributed by atoms with Crippen molar-refractivity contribution in [2.75, 3.05) is 11.9 Å². The predicted octanol–water partition coefficient (Wildman–Crippen LogP) is 6.00. The van der Waals surface area contributed by atoms with Gasteiger partial charge in [0.1, 0.15) is 5.75 Å². The smallest absolute Gasteiger partial charge is 0.257 e. The van der Waals surface area contributed by atoms with Crippen LogP contribution >= 0.6 is 27.3 Å². The molecular formula is C20H19BrN2O2S. The Kier molecular flexibility index (Phi) is 6.41. The van der Waals surface area contributed by atoms with Gasteiger partial charge in [0.25, 0.3) is 5.91 Å². The van der Waals surface area contributed by atoms with E-state index < -0.39 is 0 Å². The molecule has 0 aliphatic heterocycles. The molecule has 6 heteroatoms. The summed E-state index contributed by atoms with van der Waals surface area (Å²) in [5.74, 6) is 0.687. The van der Waals surface area contributed by atoms with Crippen molar-refractivity contribution < 1.29 is 9.53 Å². The second-order valence-corrected chi connectivity index (χ2v) is 7.50. The number of halogens is 1. The number of rotatable bonds is 7. The van der Waals surface area contributed by atoms with Gasteiger partial charge in [0, 0.05) is 21.0 Å². The summed E-state index contributed by atoms with van der Waals surface area (Å²) in [5.41, 5.74) is 2.41. The number of amides is 1. The summed E-state index contributed by atoms with van der Waals surface area (Å²) >= 11 is 4.78. The van der Waals surface area contributed by atoms with E-state index in [0.717, 1.165) is 40.9 Å². The summed E-state index contributed by atoms with van der Waals surface area (Å²) in [4.78, 5) is 16.8. The lowest BCUT2D eigenvalue weighted by atomic mass is 10.2. The molecule has 0 bridgehead atoms. The van der Waals surface area contributed by atoms with Crippen LogP contribution in [0.2, 0.25) is 0 Å². The van der Waals surface area contributed by atoms with Gasteiger partial charge in [0.2, 0.25) is 0 Å². The molecule has 1 amide bonds. The Hall–Kier alpha value is -2.18. The first-order valence-corrected chi connectivity index (χ1v) is 10.1. The van der Waals surface area contributed by atoms with Crippen molar-refractivity contribution in [3.63, 3.8) is 0 Å². The molecule has 0 atom stereocenters. The van der Waals surface area contributed by atoms with Crippen molar-refractivity contribution in [2.24, 2.45) is 0 Å². The van der Waals surface area contributed by atoms with Crippen LogP contribution in [0, 0.1) is 0 Å². The molecule has 0 radical (unpaired) electrons. The summed E-state index contributed by atoms with van der Waals surface area (Å²) in [6.45, 7) is 2.88. The number of hydrogen-bond donors (Lipinski definition) is 1. The van der Waals surface area contributed by atoms with Gasteiger partial charge in [-0.15, -0.1) is 11.3 Å². The SMILES string of the molecule is CCCCOc1ccc(-c2csc(NC(=O)c3cccc(Br)c3)n2)cc1. The fourth-order valence-electron chi connectivity index (χ4n) is 2.32. The molecule has 2 aromatic carbocycles. The lowest BCUT2D eigenvalue weighted by Crippen LogP contribution is -2.11. The number of aromatic nitrogens is 1. The molecule has 0 unspecified atom stereocenters. The molecular weight excluding hydrogens is 412 g/mol. The second kappa shape index (κ2) is 8.96. The van der Waals surface area contributed by atoms with E-state index in [4.69, 9.17) is 4.74 Å². The quantitative estimate of drug-likeness (QED) is 0.467. The number of anilines is 1. The first-order valence-electron chi connectivity index (χ1n) is 8.41. The highest BCUT2D eigenvalue weighted by Gasteiger charge is 2.10. The van der Waals surface area contributed by atoms with Gasteiger partial charge in [0.15, 0.2) is 5.13 Å². The summed E-state index contributed by atoms with van der Waals surface area (Å²) < 4.78 is 6.54. The number of ether oxygens (including phenoxy) is 1. The second-order valence-electron chi connectivity index (χ2n) is 5.73. The Bertz CT molecular complexity index is 878. The van der Waals surface area contributed by atoms with Crippen LogP contribution in [-0.2, 0) is 0 Å². The molecule has 3 rings (SSSR count). The highest BCUT2D eigenvalue weighted by Crippen LogP contribution is 2.27. The molecule has 134 valence electrons. The van der Waals surface area contributed by atoms with Gasteiger partial charge in [-0.1, -0.05) is 35.3 Å².